The van der Waals surface area contributed by atoms with E-state index in [1.165, 1.54) is 5.56 Å². The van der Waals surface area contributed by atoms with E-state index in [9.17, 15) is 4.79 Å². The molecule has 1 aromatic rings. The summed E-state index contributed by atoms with van der Waals surface area (Å²) in [7, 11) is 0. The lowest BCUT2D eigenvalue weighted by molar-refractivity contribution is 0.00558. The molecule has 22 heavy (non-hydrogen) atoms. The van der Waals surface area contributed by atoms with Crippen LogP contribution < -0.4 is 5.32 Å². The summed E-state index contributed by atoms with van der Waals surface area (Å²) < 4.78 is 5.45. The van der Waals surface area contributed by atoms with E-state index in [1.54, 1.807) is 4.90 Å². The maximum absolute atomic E-state index is 12.2. The van der Waals surface area contributed by atoms with E-state index in [1.807, 2.05) is 39.0 Å². The van der Waals surface area contributed by atoms with Crippen molar-refractivity contribution in [3.63, 3.8) is 0 Å². The SMILES string of the molecule is C=C1CN(C(=O)OC(C)(C)C)[C@H]1[C@H](C)NCc1ccccc1. The summed E-state index contributed by atoms with van der Waals surface area (Å²) in [5.74, 6) is 0. The lowest BCUT2D eigenvalue weighted by Gasteiger charge is -2.46. The van der Waals surface area contributed by atoms with Crippen LogP contribution in [0.25, 0.3) is 0 Å². The first kappa shape index (κ1) is 16.6. The predicted molar refractivity (Wildman–Crippen MR) is 88.6 cm³/mol. The number of hydrogen-bond donors (Lipinski definition) is 1. The Kier molecular flexibility index (Phi) is 4.91. The molecular weight excluding hydrogens is 276 g/mol. The molecule has 2 atom stereocenters. The van der Waals surface area contributed by atoms with Crippen LogP contribution in [0.15, 0.2) is 42.5 Å². The molecule has 0 saturated carbocycles. The van der Waals surface area contributed by atoms with E-state index < -0.39 is 5.60 Å². The molecule has 0 bridgehead atoms. The van der Waals surface area contributed by atoms with E-state index in [4.69, 9.17) is 4.74 Å². The predicted octanol–water partition coefficient (Wildman–Crippen LogP) is 3.34. The average Bonchev–Trinajstić information content (AvgIpc) is 2.41. The van der Waals surface area contributed by atoms with E-state index in [2.05, 4.69) is 31.0 Å². The largest absolute Gasteiger partial charge is 0.444 e. The third kappa shape index (κ3) is 4.10. The summed E-state index contributed by atoms with van der Waals surface area (Å²) in [5, 5.41) is 3.47. The molecule has 1 N–H and O–H groups in total. The summed E-state index contributed by atoms with van der Waals surface area (Å²) in [6.45, 7) is 13.1. The van der Waals surface area contributed by atoms with Gasteiger partial charge in [-0.2, -0.15) is 0 Å². The van der Waals surface area contributed by atoms with Crippen LogP contribution in [0.1, 0.15) is 33.3 Å². The molecule has 1 saturated heterocycles. The van der Waals surface area contributed by atoms with Crippen molar-refractivity contribution in [1.29, 1.82) is 0 Å². The fourth-order valence-electron chi connectivity index (χ4n) is 2.63. The molecule has 1 aromatic carbocycles. The number of carbonyl (C=O) groups is 1. The van der Waals surface area contributed by atoms with Gasteiger partial charge in [-0.1, -0.05) is 36.9 Å². The van der Waals surface area contributed by atoms with Gasteiger partial charge in [-0.3, -0.25) is 4.90 Å². The van der Waals surface area contributed by atoms with Crippen molar-refractivity contribution in [2.24, 2.45) is 0 Å². The fourth-order valence-corrected chi connectivity index (χ4v) is 2.63. The first-order chi connectivity index (χ1) is 10.3. The number of nitrogens with one attached hydrogen (secondary N) is 1. The van der Waals surface area contributed by atoms with Crippen LogP contribution in [-0.2, 0) is 11.3 Å². The molecule has 1 fully saturated rings. The van der Waals surface area contributed by atoms with E-state index >= 15 is 0 Å². The molecule has 1 aliphatic heterocycles. The fraction of sp³-hybridized carbons (Fsp3) is 0.500. The number of nitrogens with zero attached hydrogens (tertiary/aromatic N) is 1. The summed E-state index contributed by atoms with van der Waals surface area (Å²) in [6, 6.07) is 10.4. The molecule has 0 aliphatic carbocycles. The lowest BCUT2D eigenvalue weighted by atomic mass is 9.91. The number of rotatable bonds is 4. The van der Waals surface area contributed by atoms with Crippen LogP contribution in [0.2, 0.25) is 0 Å². The molecule has 1 heterocycles. The third-order valence-corrected chi connectivity index (χ3v) is 3.70. The highest BCUT2D eigenvalue weighted by Crippen LogP contribution is 2.27. The van der Waals surface area contributed by atoms with Gasteiger partial charge in [-0.15, -0.1) is 0 Å². The highest BCUT2D eigenvalue weighted by atomic mass is 16.6. The number of benzene rings is 1. The molecule has 0 radical (unpaired) electrons. The van der Waals surface area contributed by atoms with Crippen molar-refractivity contribution < 1.29 is 9.53 Å². The van der Waals surface area contributed by atoms with Gasteiger partial charge >= 0.3 is 6.09 Å². The zero-order valence-electron chi connectivity index (χ0n) is 13.9. The highest BCUT2D eigenvalue weighted by Gasteiger charge is 2.41. The summed E-state index contributed by atoms with van der Waals surface area (Å²) in [6.07, 6.45) is -0.265. The van der Waals surface area contributed by atoms with Gasteiger partial charge in [0.05, 0.1) is 6.04 Å². The van der Waals surface area contributed by atoms with Gasteiger partial charge < -0.3 is 10.1 Å². The van der Waals surface area contributed by atoms with Crippen molar-refractivity contribution in [3.8, 4) is 0 Å². The molecule has 1 amide bonds. The Morgan fingerprint density at radius 2 is 2.05 bits per heavy atom. The van der Waals surface area contributed by atoms with Crippen LogP contribution in [0, 0.1) is 0 Å². The Hall–Kier alpha value is -1.81. The van der Waals surface area contributed by atoms with Gasteiger partial charge in [0.15, 0.2) is 0 Å². The summed E-state index contributed by atoms with van der Waals surface area (Å²) in [5.41, 5.74) is 1.82. The molecule has 4 heteroatoms. The minimum Gasteiger partial charge on any atom is -0.444 e. The van der Waals surface area contributed by atoms with Gasteiger partial charge in [0, 0.05) is 19.1 Å². The number of hydrogen-bond acceptors (Lipinski definition) is 3. The third-order valence-electron chi connectivity index (χ3n) is 3.70. The normalized spacial score (nSPS) is 19.5. The van der Waals surface area contributed by atoms with Gasteiger partial charge in [0.2, 0.25) is 0 Å². The summed E-state index contributed by atoms with van der Waals surface area (Å²) in [4.78, 5) is 14.0. The van der Waals surface area contributed by atoms with Crippen molar-refractivity contribution in [3.05, 3.63) is 48.0 Å². The first-order valence-corrected chi connectivity index (χ1v) is 7.72. The van der Waals surface area contributed by atoms with Gasteiger partial charge in [0.25, 0.3) is 0 Å². The second-order valence-electron chi connectivity index (χ2n) is 6.87. The minimum absolute atomic E-state index is 0.00133. The second-order valence-corrected chi connectivity index (χ2v) is 6.87. The van der Waals surface area contributed by atoms with Crippen molar-refractivity contribution in [2.45, 2.75) is 51.9 Å². The van der Waals surface area contributed by atoms with E-state index in [0.717, 1.165) is 12.1 Å². The Balaban J connectivity index is 1.91. The number of likely N-dealkylation sites (tertiary alicyclic amines) is 1. The average molecular weight is 302 g/mol. The van der Waals surface area contributed by atoms with Crippen LogP contribution in [0.4, 0.5) is 4.79 Å². The lowest BCUT2D eigenvalue weighted by Crippen LogP contribution is -2.61. The molecule has 1 aliphatic rings. The minimum atomic E-state index is -0.473. The van der Waals surface area contributed by atoms with E-state index in [-0.39, 0.29) is 18.2 Å². The second kappa shape index (κ2) is 6.53. The smallest absolute Gasteiger partial charge is 0.411 e. The molecule has 120 valence electrons. The van der Waals surface area contributed by atoms with Crippen molar-refractivity contribution in [2.75, 3.05) is 6.54 Å². The summed E-state index contributed by atoms with van der Waals surface area (Å²) >= 11 is 0. The van der Waals surface area contributed by atoms with Gasteiger partial charge in [-0.05, 0) is 38.8 Å². The van der Waals surface area contributed by atoms with Crippen LogP contribution in [-0.4, -0.2) is 35.2 Å². The quantitative estimate of drug-likeness (QED) is 0.867. The molecule has 0 aromatic heterocycles. The van der Waals surface area contributed by atoms with Crippen LogP contribution in [0.3, 0.4) is 0 Å². The number of amides is 1. The molecule has 4 nitrogen and oxygen atoms in total. The molecule has 2 rings (SSSR count). The maximum Gasteiger partial charge on any atom is 0.411 e. The standard InChI is InChI=1S/C18H26N2O2/c1-13-12-20(17(21)22-18(3,4)5)16(13)14(2)19-11-15-9-7-6-8-10-15/h6-10,14,16,19H,1,11-12H2,2-5H3/t14-,16+/m0/s1. The first-order valence-electron chi connectivity index (χ1n) is 7.72. The monoisotopic (exact) mass is 302 g/mol. The van der Waals surface area contributed by atoms with E-state index in [0.29, 0.717) is 6.54 Å². The highest BCUT2D eigenvalue weighted by molar-refractivity contribution is 5.71. The Morgan fingerprint density at radius 1 is 1.41 bits per heavy atom. The number of ether oxygens (including phenoxy) is 1. The Labute approximate surface area is 133 Å². The van der Waals surface area contributed by atoms with Gasteiger partial charge in [-0.25, -0.2) is 4.79 Å². The Bertz CT molecular complexity index is 534. The van der Waals surface area contributed by atoms with Gasteiger partial charge in [0.1, 0.15) is 5.60 Å². The maximum atomic E-state index is 12.2. The topological polar surface area (TPSA) is 41.6 Å². The van der Waals surface area contributed by atoms with Crippen molar-refractivity contribution >= 4 is 6.09 Å². The Morgan fingerprint density at radius 3 is 2.59 bits per heavy atom. The van der Waals surface area contributed by atoms with Crippen LogP contribution in [0.5, 0.6) is 0 Å². The van der Waals surface area contributed by atoms with Crippen LogP contribution >= 0.6 is 0 Å². The molecule has 0 spiro atoms. The van der Waals surface area contributed by atoms with Crippen molar-refractivity contribution in [1.82, 2.24) is 10.2 Å². The zero-order valence-corrected chi connectivity index (χ0v) is 13.9. The number of carbonyl (C=O) groups excluding carboxylic acids is 1. The molecule has 0 unspecified atom stereocenters. The molecular formula is C18H26N2O2. The zero-order chi connectivity index (χ0) is 16.3.